The van der Waals surface area contributed by atoms with Crippen LogP contribution in [0.25, 0.3) is 5.52 Å². The molecule has 37 heavy (non-hydrogen) atoms. The summed E-state index contributed by atoms with van der Waals surface area (Å²) in [4.78, 5) is 12.9. The van der Waals surface area contributed by atoms with Crippen molar-refractivity contribution in [1.29, 1.82) is 5.26 Å². The standard InChI is InChI=1S/C24H29N9O3S/c1-17-8-9-18(13-21(17)29-24(34)20-14-28-32-11-5-3-7-22(20)32)23(26)30-33(27)19-15-31(16-19)37(35,36)12-6-2-4-10-25/h3,5,7-9,11,13-14,19H,2,4,6,12,15-16,27H2,1H3,(H2,26,30)(H,29,34). The minimum Gasteiger partial charge on any atom is -0.382 e. The molecule has 0 aliphatic carbocycles. The molecule has 3 heterocycles. The average molecular weight is 524 g/mol. The highest BCUT2D eigenvalue weighted by Crippen LogP contribution is 2.21. The Labute approximate surface area is 215 Å². The van der Waals surface area contributed by atoms with E-state index >= 15 is 0 Å². The van der Waals surface area contributed by atoms with Gasteiger partial charge in [-0.1, -0.05) is 18.2 Å². The van der Waals surface area contributed by atoms with Crippen LogP contribution in [0.1, 0.15) is 40.7 Å². The van der Waals surface area contributed by atoms with Crippen LogP contribution in [0, 0.1) is 18.3 Å². The van der Waals surface area contributed by atoms with Crippen molar-refractivity contribution in [2.45, 2.75) is 32.2 Å². The molecule has 4 rings (SSSR count). The van der Waals surface area contributed by atoms with Crippen molar-refractivity contribution in [3.05, 3.63) is 65.5 Å². The van der Waals surface area contributed by atoms with Gasteiger partial charge in [-0.2, -0.15) is 14.7 Å². The third-order valence-electron chi connectivity index (χ3n) is 6.21. The normalized spacial score (nSPS) is 14.8. The largest absolute Gasteiger partial charge is 0.382 e. The number of fused-ring (bicyclic) bond motifs is 1. The number of hydrazone groups is 1. The number of amidine groups is 1. The van der Waals surface area contributed by atoms with Gasteiger partial charge in [0.2, 0.25) is 10.0 Å². The number of carbonyl (C=O) groups excluding carboxylic acids is 1. The summed E-state index contributed by atoms with van der Waals surface area (Å²) in [6.45, 7) is 2.28. The number of sulfonamides is 1. The molecule has 1 amide bonds. The molecule has 0 saturated carbocycles. The maximum absolute atomic E-state index is 12.9. The summed E-state index contributed by atoms with van der Waals surface area (Å²) in [5.74, 6) is 5.89. The first-order chi connectivity index (χ1) is 17.7. The summed E-state index contributed by atoms with van der Waals surface area (Å²) >= 11 is 0. The smallest absolute Gasteiger partial charge is 0.259 e. The van der Waals surface area contributed by atoms with Crippen LogP contribution in [0.4, 0.5) is 5.69 Å². The molecule has 194 valence electrons. The molecule has 0 spiro atoms. The fraction of sp³-hybridized carbons (Fsp3) is 0.333. The van der Waals surface area contributed by atoms with Crippen LogP contribution >= 0.6 is 0 Å². The minimum atomic E-state index is -3.39. The Hall–Kier alpha value is -3.99. The van der Waals surface area contributed by atoms with Gasteiger partial charge in [0.1, 0.15) is 0 Å². The monoisotopic (exact) mass is 523 g/mol. The van der Waals surface area contributed by atoms with Gasteiger partial charge in [0.05, 0.1) is 35.1 Å². The van der Waals surface area contributed by atoms with Gasteiger partial charge in [-0.15, -0.1) is 5.10 Å². The molecule has 5 N–H and O–H groups in total. The Bertz CT molecular complexity index is 1470. The van der Waals surface area contributed by atoms with Gasteiger partial charge in [-0.3, -0.25) is 4.79 Å². The number of carbonyl (C=O) groups is 1. The molecule has 1 saturated heterocycles. The van der Waals surface area contributed by atoms with Crippen molar-refractivity contribution < 1.29 is 13.2 Å². The van der Waals surface area contributed by atoms with Crippen LogP contribution in [0.15, 0.2) is 53.9 Å². The number of amides is 1. The number of hydrazine groups is 1. The number of pyridine rings is 1. The van der Waals surface area contributed by atoms with Gasteiger partial charge in [0, 0.05) is 37.0 Å². The molecule has 12 nitrogen and oxygen atoms in total. The molecule has 0 bridgehead atoms. The van der Waals surface area contributed by atoms with E-state index < -0.39 is 10.0 Å². The lowest BCUT2D eigenvalue weighted by Crippen LogP contribution is -2.62. The van der Waals surface area contributed by atoms with E-state index in [1.807, 2.05) is 37.3 Å². The average Bonchev–Trinajstić information content (AvgIpc) is 3.26. The van der Waals surface area contributed by atoms with Gasteiger partial charge in [0.15, 0.2) is 5.84 Å². The van der Waals surface area contributed by atoms with E-state index in [2.05, 4.69) is 15.5 Å². The van der Waals surface area contributed by atoms with Crippen LogP contribution in [-0.4, -0.2) is 64.1 Å². The number of nitrogens with two attached hydrogens (primary N) is 2. The minimum absolute atomic E-state index is 0.00447. The van der Waals surface area contributed by atoms with Crippen LogP contribution in [-0.2, 0) is 10.0 Å². The number of unbranched alkanes of at least 4 members (excludes halogenated alkanes) is 2. The van der Waals surface area contributed by atoms with E-state index in [0.717, 1.165) is 5.56 Å². The number of benzene rings is 1. The number of aromatic nitrogens is 2. The Balaban J connectivity index is 1.39. The Morgan fingerprint density at radius 2 is 2.08 bits per heavy atom. The molecule has 1 fully saturated rings. The highest BCUT2D eigenvalue weighted by atomic mass is 32.2. The molecule has 1 aliphatic heterocycles. The zero-order valence-corrected chi connectivity index (χ0v) is 21.2. The first kappa shape index (κ1) is 26.1. The van der Waals surface area contributed by atoms with Crippen LogP contribution in [0.5, 0.6) is 0 Å². The summed E-state index contributed by atoms with van der Waals surface area (Å²) in [7, 11) is -3.39. The quantitative estimate of drug-likeness (QED) is 0.117. The van der Waals surface area contributed by atoms with Crippen molar-refractivity contribution in [3.63, 3.8) is 0 Å². The fourth-order valence-electron chi connectivity index (χ4n) is 3.91. The summed E-state index contributed by atoms with van der Waals surface area (Å²) in [6, 6.07) is 12.5. The van der Waals surface area contributed by atoms with E-state index in [4.69, 9.17) is 16.8 Å². The van der Waals surface area contributed by atoms with E-state index in [1.54, 1.807) is 22.8 Å². The van der Waals surface area contributed by atoms with Crippen LogP contribution < -0.4 is 16.9 Å². The Morgan fingerprint density at radius 3 is 2.84 bits per heavy atom. The van der Waals surface area contributed by atoms with Crippen molar-refractivity contribution in [2.24, 2.45) is 16.7 Å². The number of anilines is 1. The molecular formula is C24H29N9O3S. The SMILES string of the molecule is Cc1ccc(/C(N)=N/N(N)C2CN(S(=O)(=O)CCCCC#N)C2)cc1NC(=O)c1cnn2ccccc12. The van der Waals surface area contributed by atoms with Crippen molar-refractivity contribution in [1.82, 2.24) is 19.0 Å². The highest BCUT2D eigenvalue weighted by molar-refractivity contribution is 7.89. The predicted octanol–water partition coefficient (Wildman–Crippen LogP) is 1.40. The summed E-state index contributed by atoms with van der Waals surface area (Å²) in [6.07, 6.45) is 4.61. The summed E-state index contributed by atoms with van der Waals surface area (Å²) in [5.41, 5.74) is 9.27. The summed E-state index contributed by atoms with van der Waals surface area (Å²) in [5, 5.41) is 21.1. The lowest BCUT2D eigenvalue weighted by molar-refractivity contribution is 0.0914. The molecule has 0 atom stereocenters. The second-order valence-corrected chi connectivity index (χ2v) is 10.9. The van der Waals surface area contributed by atoms with Crippen LogP contribution in [0.2, 0.25) is 0 Å². The first-order valence-electron chi connectivity index (χ1n) is 11.8. The number of nitrogens with one attached hydrogen (secondary N) is 1. The number of nitrogens with zero attached hydrogens (tertiary/aromatic N) is 6. The van der Waals surface area contributed by atoms with Gasteiger partial charge in [-0.05, 0) is 43.5 Å². The topological polar surface area (TPSA) is 175 Å². The van der Waals surface area contributed by atoms with E-state index in [-0.39, 0.29) is 36.6 Å². The number of aryl methyl sites for hydroxylation is 1. The molecule has 3 aromatic rings. The van der Waals surface area contributed by atoms with Gasteiger partial charge in [0.25, 0.3) is 5.91 Å². The lowest BCUT2D eigenvalue weighted by Gasteiger charge is -2.41. The maximum atomic E-state index is 12.9. The van der Waals surface area contributed by atoms with Gasteiger partial charge in [-0.25, -0.2) is 23.9 Å². The number of hydrogen-bond donors (Lipinski definition) is 3. The zero-order chi connectivity index (χ0) is 26.6. The van der Waals surface area contributed by atoms with E-state index in [9.17, 15) is 13.2 Å². The van der Waals surface area contributed by atoms with Gasteiger partial charge >= 0.3 is 0 Å². The molecule has 2 aromatic heterocycles. The van der Waals surface area contributed by atoms with Crippen molar-refractivity contribution in [3.8, 4) is 6.07 Å². The highest BCUT2D eigenvalue weighted by Gasteiger charge is 2.38. The zero-order valence-electron chi connectivity index (χ0n) is 20.4. The van der Waals surface area contributed by atoms with E-state index in [1.165, 1.54) is 15.6 Å². The molecule has 0 radical (unpaired) electrons. The molecule has 0 unspecified atom stereocenters. The summed E-state index contributed by atoms with van der Waals surface area (Å²) < 4.78 is 27.8. The lowest BCUT2D eigenvalue weighted by atomic mass is 10.1. The molecule has 1 aliphatic rings. The second kappa shape index (κ2) is 11.0. The molecule has 1 aromatic carbocycles. The van der Waals surface area contributed by atoms with Crippen LogP contribution in [0.3, 0.4) is 0 Å². The third kappa shape index (κ3) is 5.88. The molecular weight excluding hydrogens is 494 g/mol. The van der Waals surface area contributed by atoms with Crippen molar-refractivity contribution in [2.75, 3.05) is 24.2 Å². The maximum Gasteiger partial charge on any atom is 0.259 e. The Kier molecular flexibility index (Phi) is 7.72. The van der Waals surface area contributed by atoms with Gasteiger partial charge < -0.3 is 11.1 Å². The molecule has 13 heteroatoms. The fourth-order valence-corrected chi connectivity index (χ4v) is 5.53. The first-order valence-corrected chi connectivity index (χ1v) is 13.4. The Morgan fingerprint density at radius 1 is 1.30 bits per heavy atom. The number of hydrogen-bond acceptors (Lipinski definition) is 8. The van der Waals surface area contributed by atoms with Crippen molar-refractivity contribution >= 4 is 33.0 Å². The number of rotatable bonds is 10. The van der Waals surface area contributed by atoms with E-state index in [0.29, 0.717) is 41.6 Å². The number of nitriles is 1. The second-order valence-electron chi connectivity index (χ2n) is 8.84. The predicted molar refractivity (Wildman–Crippen MR) is 140 cm³/mol. The third-order valence-corrected chi connectivity index (χ3v) is 8.10.